The number of anilines is 1. The highest BCUT2D eigenvalue weighted by molar-refractivity contribution is 7.15. The number of amides is 2. The first-order chi connectivity index (χ1) is 12.9. The lowest BCUT2D eigenvalue weighted by atomic mass is 10.1. The van der Waals surface area contributed by atoms with Crippen molar-refractivity contribution in [1.29, 1.82) is 0 Å². The Kier molecular flexibility index (Phi) is 6.15. The average Bonchev–Trinajstić information content (AvgIpc) is 3.20. The van der Waals surface area contributed by atoms with E-state index in [0.717, 1.165) is 17.0 Å². The molecule has 0 unspecified atom stereocenters. The second-order valence-electron chi connectivity index (χ2n) is 7.21. The van der Waals surface area contributed by atoms with E-state index in [1.807, 2.05) is 0 Å². The van der Waals surface area contributed by atoms with E-state index >= 15 is 0 Å². The van der Waals surface area contributed by atoms with Crippen LogP contribution in [0.15, 0.2) is 24.3 Å². The minimum absolute atomic E-state index is 0.0324. The van der Waals surface area contributed by atoms with Gasteiger partial charge in [0.25, 0.3) is 0 Å². The second-order valence-corrected chi connectivity index (χ2v) is 8.27. The van der Waals surface area contributed by atoms with Crippen LogP contribution in [-0.4, -0.2) is 40.0 Å². The van der Waals surface area contributed by atoms with Crippen molar-refractivity contribution in [2.24, 2.45) is 11.8 Å². The third-order valence-corrected chi connectivity index (χ3v) is 5.31. The van der Waals surface area contributed by atoms with Crippen molar-refractivity contribution >= 4 is 28.3 Å². The lowest BCUT2D eigenvalue weighted by molar-refractivity contribution is -0.128. The number of halogens is 1. The highest BCUT2D eigenvalue weighted by Gasteiger charge is 2.34. The third kappa shape index (κ3) is 5.32. The predicted octanol–water partition coefficient (Wildman–Crippen LogP) is 2.91. The largest absolute Gasteiger partial charge is 0.342 e. The maximum Gasteiger partial charge on any atom is 0.231 e. The molecule has 1 aromatic carbocycles. The smallest absolute Gasteiger partial charge is 0.231 e. The molecule has 0 bridgehead atoms. The lowest BCUT2D eigenvalue weighted by Gasteiger charge is -2.16. The summed E-state index contributed by atoms with van der Waals surface area (Å²) >= 11 is 1.38. The molecule has 0 radical (unpaired) electrons. The summed E-state index contributed by atoms with van der Waals surface area (Å²) in [5, 5.41) is 12.2. The van der Waals surface area contributed by atoms with Crippen LogP contribution in [0.3, 0.4) is 0 Å². The van der Waals surface area contributed by atoms with E-state index in [1.165, 1.54) is 23.5 Å². The van der Waals surface area contributed by atoms with Gasteiger partial charge in [-0.3, -0.25) is 9.59 Å². The second kappa shape index (κ2) is 8.56. The van der Waals surface area contributed by atoms with Gasteiger partial charge in [0.15, 0.2) is 0 Å². The molecule has 2 amide bonds. The van der Waals surface area contributed by atoms with Crippen molar-refractivity contribution in [2.75, 3.05) is 18.4 Å². The van der Waals surface area contributed by atoms with Crippen LogP contribution in [0.2, 0.25) is 0 Å². The van der Waals surface area contributed by atoms with Crippen LogP contribution in [0.25, 0.3) is 0 Å². The zero-order valence-electron chi connectivity index (χ0n) is 15.4. The fourth-order valence-corrected chi connectivity index (χ4v) is 3.98. The van der Waals surface area contributed by atoms with Gasteiger partial charge in [0.05, 0.1) is 5.92 Å². The van der Waals surface area contributed by atoms with E-state index in [-0.39, 0.29) is 30.0 Å². The van der Waals surface area contributed by atoms with E-state index < -0.39 is 0 Å². The molecule has 0 saturated carbocycles. The van der Waals surface area contributed by atoms with Crippen LogP contribution in [-0.2, 0) is 22.4 Å². The monoisotopic (exact) mass is 390 g/mol. The van der Waals surface area contributed by atoms with Crippen LogP contribution in [0.1, 0.15) is 30.8 Å². The Morgan fingerprint density at radius 2 is 2.07 bits per heavy atom. The van der Waals surface area contributed by atoms with Crippen LogP contribution in [0, 0.1) is 17.7 Å². The summed E-state index contributed by atoms with van der Waals surface area (Å²) < 4.78 is 13.0. The fourth-order valence-electron chi connectivity index (χ4n) is 3.02. The van der Waals surface area contributed by atoms with Gasteiger partial charge in [-0.2, -0.15) is 0 Å². The number of nitrogens with one attached hydrogen (secondary N) is 1. The molecule has 1 aromatic heterocycles. The first-order valence-corrected chi connectivity index (χ1v) is 9.88. The summed E-state index contributed by atoms with van der Waals surface area (Å²) in [5.41, 5.74) is 0.962. The van der Waals surface area contributed by atoms with Crippen LogP contribution < -0.4 is 5.32 Å². The molecule has 8 heteroatoms. The van der Waals surface area contributed by atoms with Crippen LogP contribution >= 0.6 is 11.3 Å². The average molecular weight is 390 g/mol. The SMILES string of the molecule is CC(C)Cc1nnc(NC(=O)[C@H]2CC(=O)N(CCc3ccc(F)cc3)C2)s1. The van der Waals surface area contributed by atoms with Crippen molar-refractivity contribution < 1.29 is 14.0 Å². The highest BCUT2D eigenvalue weighted by atomic mass is 32.1. The van der Waals surface area contributed by atoms with Crippen LogP contribution in [0.5, 0.6) is 0 Å². The molecule has 3 rings (SSSR count). The molecule has 27 heavy (non-hydrogen) atoms. The summed E-state index contributed by atoms with van der Waals surface area (Å²) in [6, 6.07) is 6.24. The molecule has 1 aliphatic rings. The number of likely N-dealkylation sites (tertiary alicyclic amines) is 1. The van der Waals surface area contributed by atoms with Gasteiger partial charge >= 0.3 is 0 Å². The van der Waals surface area contributed by atoms with Crippen molar-refractivity contribution in [3.8, 4) is 0 Å². The molecule has 1 aliphatic heterocycles. The molecule has 2 aromatic rings. The number of hydrogen-bond donors (Lipinski definition) is 1. The van der Waals surface area contributed by atoms with Gasteiger partial charge < -0.3 is 10.2 Å². The Bertz CT molecular complexity index is 806. The summed E-state index contributed by atoms with van der Waals surface area (Å²) in [7, 11) is 0. The molecule has 0 aliphatic carbocycles. The van der Waals surface area contributed by atoms with Crippen molar-refractivity contribution in [3.63, 3.8) is 0 Å². The predicted molar refractivity (Wildman–Crippen MR) is 102 cm³/mol. The lowest BCUT2D eigenvalue weighted by Crippen LogP contribution is -2.30. The van der Waals surface area contributed by atoms with E-state index in [9.17, 15) is 14.0 Å². The Morgan fingerprint density at radius 3 is 2.78 bits per heavy atom. The van der Waals surface area contributed by atoms with Crippen molar-refractivity contribution in [3.05, 3.63) is 40.7 Å². The normalized spacial score (nSPS) is 17.0. The first kappa shape index (κ1) is 19.4. The maximum atomic E-state index is 13.0. The van der Waals surface area contributed by atoms with Gasteiger partial charge in [-0.05, 0) is 30.0 Å². The topological polar surface area (TPSA) is 75.2 Å². The zero-order valence-corrected chi connectivity index (χ0v) is 16.3. The molecule has 1 saturated heterocycles. The number of carbonyl (C=O) groups excluding carboxylic acids is 2. The molecule has 144 valence electrons. The number of aromatic nitrogens is 2. The van der Waals surface area contributed by atoms with E-state index in [4.69, 9.17) is 0 Å². The Balaban J connectivity index is 1.51. The standard InChI is InChI=1S/C19H23FN4O2S/c1-12(2)9-16-22-23-19(27-16)21-18(26)14-10-17(25)24(11-14)8-7-13-3-5-15(20)6-4-13/h3-6,12,14H,7-11H2,1-2H3,(H,21,23,26)/t14-/m0/s1. The van der Waals surface area contributed by atoms with Crippen LogP contribution in [0.4, 0.5) is 9.52 Å². The number of benzene rings is 1. The summed E-state index contributed by atoms with van der Waals surface area (Å²) in [5.74, 6) is -0.414. The van der Waals surface area contributed by atoms with Gasteiger partial charge in [0.1, 0.15) is 10.8 Å². The van der Waals surface area contributed by atoms with Gasteiger partial charge in [0.2, 0.25) is 16.9 Å². The maximum absolute atomic E-state index is 13.0. The Morgan fingerprint density at radius 1 is 1.33 bits per heavy atom. The van der Waals surface area contributed by atoms with E-state index in [2.05, 4.69) is 29.4 Å². The van der Waals surface area contributed by atoms with Gasteiger partial charge in [-0.15, -0.1) is 10.2 Å². The van der Waals surface area contributed by atoms with Crippen molar-refractivity contribution in [2.45, 2.75) is 33.1 Å². The van der Waals surface area contributed by atoms with E-state index in [1.54, 1.807) is 17.0 Å². The Labute approximate surface area is 161 Å². The molecule has 6 nitrogen and oxygen atoms in total. The molecule has 0 spiro atoms. The molecular formula is C19H23FN4O2S. The molecule has 1 fully saturated rings. The number of carbonyl (C=O) groups is 2. The molecule has 2 heterocycles. The molecule has 1 N–H and O–H groups in total. The number of hydrogen-bond acceptors (Lipinski definition) is 5. The zero-order chi connectivity index (χ0) is 19.4. The minimum Gasteiger partial charge on any atom is -0.342 e. The molecule has 1 atom stereocenters. The van der Waals surface area contributed by atoms with Gasteiger partial charge in [-0.1, -0.05) is 37.3 Å². The number of nitrogens with zero attached hydrogens (tertiary/aromatic N) is 3. The highest BCUT2D eigenvalue weighted by Crippen LogP contribution is 2.23. The van der Waals surface area contributed by atoms with Gasteiger partial charge in [0, 0.05) is 25.9 Å². The third-order valence-electron chi connectivity index (χ3n) is 4.45. The number of rotatable bonds is 7. The van der Waals surface area contributed by atoms with E-state index in [0.29, 0.717) is 30.6 Å². The van der Waals surface area contributed by atoms with Gasteiger partial charge in [-0.25, -0.2) is 4.39 Å². The summed E-state index contributed by atoms with van der Waals surface area (Å²) in [6.45, 7) is 5.11. The Hall–Kier alpha value is -2.35. The quantitative estimate of drug-likeness (QED) is 0.789. The first-order valence-electron chi connectivity index (χ1n) is 9.06. The minimum atomic E-state index is -0.386. The van der Waals surface area contributed by atoms with Crippen molar-refractivity contribution in [1.82, 2.24) is 15.1 Å². The molecular weight excluding hydrogens is 367 g/mol. The summed E-state index contributed by atoms with van der Waals surface area (Å²) in [4.78, 5) is 26.4. The summed E-state index contributed by atoms with van der Waals surface area (Å²) in [6.07, 6.45) is 1.66. The fraction of sp³-hybridized carbons (Fsp3) is 0.474.